The van der Waals surface area contributed by atoms with Gasteiger partial charge in [-0.1, -0.05) is 6.07 Å². The zero-order chi connectivity index (χ0) is 30.8. The number of benzene rings is 4. The van der Waals surface area contributed by atoms with Crippen LogP contribution < -0.4 is 9.04 Å². The van der Waals surface area contributed by atoms with E-state index < -0.39 is 31.7 Å². The molecule has 0 aromatic heterocycles. The SMILES string of the molecule is Cc1cc(C)c(S(=O)(=O)N(C(=O)c2ccc([N+](=O)[O-])cc2)c2ccc(OC(=O)c3ccc([N+](=O)[O-])cc3)cc2)cc1C. The highest BCUT2D eigenvalue weighted by atomic mass is 32.2. The number of nitrogens with zero attached hydrogens (tertiary/aromatic N) is 3. The van der Waals surface area contributed by atoms with Crippen molar-refractivity contribution in [3.8, 4) is 5.75 Å². The van der Waals surface area contributed by atoms with Gasteiger partial charge in [0.1, 0.15) is 5.75 Å². The Bertz CT molecular complexity index is 1820. The molecule has 0 unspecified atom stereocenters. The van der Waals surface area contributed by atoms with E-state index in [4.69, 9.17) is 4.74 Å². The van der Waals surface area contributed by atoms with Gasteiger partial charge in [0, 0.05) is 29.8 Å². The third-order valence-corrected chi connectivity index (χ3v) is 8.27. The van der Waals surface area contributed by atoms with Gasteiger partial charge in [-0.05, 0) is 92.1 Å². The van der Waals surface area contributed by atoms with Crippen LogP contribution in [0.5, 0.6) is 5.75 Å². The van der Waals surface area contributed by atoms with Gasteiger partial charge in [0.15, 0.2) is 0 Å². The molecule has 0 N–H and O–H groups in total. The molecule has 0 spiro atoms. The first-order valence-corrected chi connectivity index (χ1v) is 13.7. The molecule has 0 aliphatic rings. The molecule has 1 amide bonds. The molecule has 42 heavy (non-hydrogen) atoms. The van der Waals surface area contributed by atoms with Gasteiger partial charge in [0.05, 0.1) is 26.0 Å². The Morgan fingerprint density at radius 3 is 1.67 bits per heavy atom. The number of aryl methyl sites for hydroxylation is 3. The van der Waals surface area contributed by atoms with E-state index in [0.29, 0.717) is 15.4 Å². The van der Waals surface area contributed by atoms with Gasteiger partial charge in [0.2, 0.25) is 0 Å². The summed E-state index contributed by atoms with van der Waals surface area (Å²) >= 11 is 0. The minimum atomic E-state index is -4.50. The Morgan fingerprint density at radius 2 is 1.17 bits per heavy atom. The smallest absolute Gasteiger partial charge is 0.343 e. The van der Waals surface area contributed by atoms with E-state index in [0.717, 1.165) is 42.0 Å². The van der Waals surface area contributed by atoms with Crippen LogP contribution in [0.15, 0.2) is 89.8 Å². The molecule has 4 rings (SSSR count). The van der Waals surface area contributed by atoms with Gasteiger partial charge in [-0.25, -0.2) is 13.2 Å². The number of nitro benzene ring substituents is 2. The normalized spacial score (nSPS) is 11.0. The molecule has 214 valence electrons. The number of hydrogen-bond donors (Lipinski definition) is 0. The number of sulfonamides is 1. The molecular weight excluding hydrogens is 566 g/mol. The summed E-state index contributed by atoms with van der Waals surface area (Å²) in [6.07, 6.45) is 0. The van der Waals surface area contributed by atoms with Crippen LogP contribution >= 0.6 is 0 Å². The molecule has 0 atom stereocenters. The molecule has 12 nitrogen and oxygen atoms in total. The fraction of sp³-hybridized carbons (Fsp3) is 0.103. The maximum absolute atomic E-state index is 14.0. The van der Waals surface area contributed by atoms with Crippen LogP contribution in [-0.2, 0) is 10.0 Å². The number of ether oxygens (including phenoxy) is 1. The van der Waals surface area contributed by atoms with E-state index in [2.05, 4.69) is 0 Å². The third-order valence-electron chi connectivity index (χ3n) is 6.41. The number of anilines is 1. The second-order valence-electron chi connectivity index (χ2n) is 9.27. The number of nitro groups is 2. The van der Waals surface area contributed by atoms with Crippen LogP contribution in [0.1, 0.15) is 37.4 Å². The highest BCUT2D eigenvalue weighted by Gasteiger charge is 2.33. The molecular formula is C29H23N3O9S. The molecule has 0 heterocycles. The summed E-state index contributed by atoms with van der Waals surface area (Å²) in [5.41, 5.74) is 1.35. The van der Waals surface area contributed by atoms with Crippen LogP contribution in [-0.4, -0.2) is 30.1 Å². The van der Waals surface area contributed by atoms with E-state index in [1.54, 1.807) is 19.9 Å². The van der Waals surface area contributed by atoms with Crippen molar-refractivity contribution in [2.45, 2.75) is 25.7 Å². The van der Waals surface area contributed by atoms with Crippen molar-refractivity contribution in [3.05, 3.63) is 133 Å². The monoisotopic (exact) mass is 589 g/mol. The standard InChI is InChI=1S/C29H23N3O9S/c1-18-16-20(3)27(17-19(18)2)42(39,40)30(28(33)21-4-8-24(9-5-21)31(35)36)23-12-14-26(15-13-23)41-29(34)22-6-10-25(11-7-22)32(37)38/h4-17H,1-3H3. The predicted octanol–water partition coefficient (Wildman–Crippen LogP) is 5.68. The topological polar surface area (TPSA) is 167 Å². The van der Waals surface area contributed by atoms with E-state index in [9.17, 15) is 38.2 Å². The second-order valence-corrected chi connectivity index (χ2v) is 11.0. The number of carbonyl (C=O) groups excluding carboxylic acids is 2. The van der Waals surface area contributed by atoms with Gasteiger partial charge < -0.3 is 4.74 Å². The van der Waals surface area contributed by atoms with E-state index in [-0.39, 0.29) is 38.8 Å². The minimum Gasteiger partial charge on any atom is -0.423 e. The molecule has 0 fully saturated rings. The largest absolute Gasteiger partial charge is 0.423 e. The van der Waals surface area contributed by atoms with Gasteiger partial charge in [-0.2, -0.15) is 4.31 Å². The summed E-state index contributed by atoms with van der Waals surface area (Å²) in [6, 6.07) is 17.6. The summed E-state index contributed by atoms with van der Waals surface area (Å²) in [5.74, 6) is -1.75. The van der Waals surface area contributed by atoms with Crippen molar-refractivity contribution < 1.29 is 32.6 Å². The summed E-state index contributed by atoms with van der Waals surface area (Å²) in [7, 11) is -4.50. The predicted molar refractivity (Wildman–Crippen MR) is 152 cm³/mol. The van der Waals surface area contributed by atoms with Gasteiger partial charge >= 0.3 is 5.97 Å². The first-order valence-electron chi connectivity index (χ1n) is 12.3. The van der Waals surface area contributed by atoms with Crippen LogP contribution in [0.25, 0.3) is 0 Å². The number of esters is 1. The Labute approximate surface area is 240 Å². The lowest BCUT2D eigenvalue weighted by molar-refractivity contribution is -0.385. The number of hydrogen-bond acceptors (Lipinski definition) is 9. The highest BCUT2D eigenvalue weighted by molar-refractivity contribution is 7.93. The highest BCUT2D eigenvalue weighted by Crippen LogP contribution is 2.31. The summed E-state index contributed by atoms with van der Waals surface area (Å²) in [4.78, 5) is 46.8. The number of rotatable bonds is 8. The van der Waals surface area contributed by atoms with Crippen molar-refractivity contribution in [1.29, 1.82) is 0 Å². The van der Waals surface area contributed by atoms with Crippen LogP contribution in [0.3, 0.4) is 0 Å². The van der Waals surface area contributed by atoms with Crippen LogP contribution in [0, 0.1) is 41.0 Å². The van der Waals surface area contributed by atoms with Crippen molar-refractivity contribution in [2.75, 3.05) is 4.31 Å². The van der Waals surface area contributed by atoms with E-state index in [1.807, 2.05) is 6.92 Å². The van der Waals surface area contributed by atoms with Crippen molar-refractivity contribution >= 4 is 39.0 Å². The number of non-ortho nitro benzene ring substituents is 2. The summed E-state index contributed by atoms with van der Waals surface area (Å²) in [5, 5.41) is 21.9. The van der Waals surface area contributed by atoms with Gasteiger partial charge in [-0.15, -0.1) is 0 Å². The fourth-order valence-corrected chi connectivity index (χ4v) is 5.76. The quantitative estimate of drug-likeness (QED) is 0.109. The molecule has 0 saturated heterocycles. The van der Waals surface area contributed by atoms with Gasteiger partial charge in [0.25, 0.3) is 27.3 Å². The van der Waals surface area contributed by atoms with Crippen LogP contribution in [0.2, 0.25) is 0 Å². The van der Waals surface area contributed by atoms with Crippen LogP contribution in [0.4, 0.5) is 17.1 Å². The third kappa shape index (κ3) is 6.00. The molecule has 0 aliphatic heterocycles. The first kappa shape index (κ1) is 29.6. The second kappa shape index (κ2) is 11.6. The lowest BCUT2D eigenvalue weighted by Gasteiger charge is -2.24. The first-order chi connectivity index (χ1) is 19.8. The summed E-state index contributed by atoms with van der Waals surface area (Å²) in [6.45, 7) is 5.17. The number of amides is 1. The molecule has 4 aromatic rings. The lowest BCUT2D eigenvalue weighted by Crippen LogP contribution is -2.37. The lowest BCUT2D eigenvalue weighted by atomic mass is 10.1. The zero-order valence-electron chi connectivity index (χ0n) is 22.5. The fourth-order valence-electron chi connectivity index (χ4n) is 4.05. The summed E-state index contributed by atoms with van der Waals surface area (Å²) < 4.78 is 33.9. The molecule has 0 radical (unpaired) electrons. The van der Waals surface area contributed by atoms with Gasteiger partial charge in [-0.3, -0.25) is 25.0 Å². The average Bonchev–Trinajstić information content (AvgIpc) is 2.95. The Hall–Kier alpha value is -5.43. The molecule has 4 aromatic carbocycles. The zero-order valence-corrected chi connectivity index (χ0v) is 23.3. The number of carbonyl (C=O) groups is 2. The van der Waals surface area contributed by atoms with Crippen molar-refractivity contribution in [2.24, 2.45) is 0 Å². The van der Waals surface area contributed by atoms with E-state index >= 15 is 0 Å². The van der Waals surface area contributed by atoms with E-state index in [1.165, 1.54) is 42.5 Å². The Morgan fingerprint density at radius 1 is 0.690 bits per heavy atom. The molecule has 0 saturated carbocycles. The molecule has 0 aliphatic carbocycles. The van der Waals surface area contributed by atoms with Crippen molar-refractivity contribution in [1.82, 2.24) is 0 Å². The Kier molecular flexibility index (Phi) is 8.15. The molecule has 13 heteroatoms. The maximum atomic E-state index is 14.0. The average molecular weight is 590 g/mol. The Balaban J connectivity index is 1.72. The maximum Gasteiger partial charge on any atom is 0.343 e. The molecule has 0 bridgehead atoms. The van der Waals surface area contributed by atoms with Crippen molar-refractivity contribution in [3.63, 3.8) is 0 Å². The minimum absolute atomic E-state index is 0.0181.